The average molecular weight is 505 g/mol. The number of piperidine rings is 1. The van der Waals surface area contributed by atoms with Gasteiger partial charge in [-0.15, -0.1) is 0 Å². The van der Waals surface area contributed by atoms with Gasteiger partial charge in [-0.1, -0.05) is 91.0 Å². The average Bonchev–Trinajstić information content (AvgIpc) is 3.39. The molecule has 1 aliphatic rings. The summed E-state index contributed by atoms with van der Waals surface area (Å²) in [5.41, 5.74) is 4.56. The number of likely N-dealkylation sites (tertiary alicyclic amines) is 1. The summed E-state index contributed by atoms with van der Waals surface area (Å²) in [6.07, 6.45) is 6.12. The number of benzene rings is 3. The second-order valence-electron chi connectivity index (χ2n) is 9.49. The summed E-state index contributed by atoms with van der Waals surface area (Å²) in [6, 6.07) is 33.6. The molecular formula is C33H32N2O3. The summed E-state index contributed by atoms with van der Waals surface area (Å²) in [4.78, 5) is 27.5. The Morgan fingerprint density at radius 1 is 0.868 bits per heavy atom. The first kappa shape index (κ1) is 25.4. The highest BCUT2D eigenvalue weighted by atomic mass is 16.5. The van der Waals surface area contributed by atoms with Gasteiger partial charge in [-0.2, -0.15) is 0 Å². The number of hydrogen-bond donors (Lipinski definition) is 0. The second kappa shape index (κ2) is 11.4. The van der Waals surface area contributed by atoms with E-state index in [4.69, 9.17) is 4.74 Å². The molecule has 0 saturated carbocycles. The third kappa shape index (κ3) is 5.11. The fraction of sp³-hybridized carbons (Fsp3) is 0.212. The van der Waals surface area contributed by atoms with E-state index < -0.39 is 5.54 Å². The maximum atomic E-state index is 13.2. The number of ether oxygens (including phenoxy) is 1. The van der Waals surface area contributed by atoms with Gasteiger partial charge in [0, 0.05) is 37.5 Å². The van der Waals surface area contributed by atoms with Crippen LogP contribution in [0.25, 0.3) is 6.08 Å². The first-order valence-electron chi connectivity index (χ1n) is 13.1. The van der Waals surface area contributed by atoms with Crippen LogP contribution in [0.1, 0.15) is 35.6 Å². The van der Waals surface area contributed by atoms with Gasteiger partial charge in [0.2, 0.25) is 0 Å². The molecule has 0 amide bonds. The lowest BCUT2D eigenvalue weighted by Crippen LogP contribution is -2.52. The number of carbonyl (C=O) groups is 2. The molecule has 38 heavy (non-hydrogen) atoms. The number of aromatic nitrogens is 1. The zero-order valence-corrected chi connectivity index (χ0v) is 21.6. The van der Waals surface area contributed by atoms with Gasteiger partial charge in [-0.25, -0.2) is 0 Å². The highest BCUT2D eigenvalue weighted by Gasteiger charge is 2.44. The van der Waals surface area contributed by atoms with Crippen molar-refractivity contribution in [2.75, 3.05) is 19.7 Å². The molecule has 2 heterocycles. The van der Waals surface area contributed by atoms with Crippen molar-refractivity contribution in [1.82, 2.24) is 9.47 Å². The lowest BCUT2D eigenvalue weighted by Gasteiger charge is -2.47. The molecule has 0 radical (unpaired) electrons. The van der Waals surface area contributed by atoms with Crippen LogP contribution in [0.2, 0.25) is 0 Å². The number of rotatable bonds is 8. The van der Waals surface area contributed by atoms with Crippen LogP contribution in [0.3, 0.4) is 0 Å². The van der Waals surface area contributed by atoms with E-state index in [1.807, 2.05) is 42.7 Å². The molecule has 192 valence electrons. The molecule has 0 spiro atoms. The smallest absolute Gasteiger partial charge is 0.325 e. The quantitative estimate of drug-likeness (QED) is 0.175. The zero-order chi connectivity index (χ0) is 26.4. The van der Waals surface area contributed by atoms with Gasteiger partial charge in [0.25, 0.3) is 0 Å². The summed E-state index contributed by atoms with van der Waals surface area (Å²) < 4.78 is 6.85. The Bertz CT molecular complexity index is 1310. The van der Waals surface area contributed by atoms with E-state index in [1.54, 1.807) is 11.5 Å². The number of esters is 1. The summed E-state index contributed by atoms with van der Waals surface area (Å²) in [6.45, 7) is 3.44. The minimum Gasteiger partial charge on any atom is -0.465 e. The van der Waals surface area contributed by atoms with E-state index in [0.717, 1.165) is 27.8 Å². The summed E-state index contributed by atoms with van der Waals surface area (Å²) in [7, 11) is 0. The molecule has 5 heteroatoms. The van der Waals surface area contributed by atoms with Gasteiger partial charge in [0.05, 0.1) is 12.1 Å². The Morgan fingerprint density at radius 3 is 1.95 bits per heavy atom. The largest absolute Gasteiger partial charge is 0.465 e. The van der Waals surface area contributed by atoms with Crippen LogP contribution in [0.15, 0.2) is 115 Å². The highest BCUT2D eigenvalue weighted by molar-refractivity contribution is 6.00. The van der Waals surface area contributed by atoms with Gasteiger partial charge < -0.3 is 9.30 Å². The normalized spacial score (nSPS) is 15.5. The van der Waals surface area contributed by atoms with Crippen molar-refractivity contribution >= 4 is 17.8 Å². The minimum absolute atomic E-state index is 0.149. The number of ketones is 1. The molecule has 0 bridgehead atoms. The maximum absolute atomic E-state index is 13.2. The minimum atomic E-state index is -0.570. The molecule has 0 N–H and O–H groups in total. The molecule has 4 aromatic rings. The molecule has 3 aromatic carbocycles. The number of nitrogens with zero attached hydrogens (tertiary/aromatic N) is 2. The molecule has 5 nitrogen and oxygen atoms in total. The fourth-order valence-corrected chi connectivity index (χ4v) is 5.47. The molecule has 5 rings (SSSR count). The lowest BCUT2D eigenvalue weighted by atomic mass is 9.74. The van der Waals surface area contributed by atoms with Crippen LogP contribution in [0, 0.1) is 0 Å². The topological polar surface area (TPSA) is 51.5 Å². The number of hydrogen-bond acceptors (Lipinski definition) is 4. The predicted octanol–water partition coefficient (Wildman–Crippen LogP) is 5.70. The third-order valence-corrected chi connectivity index (χ3v) is 7.11. The van der Waals surface area contributed by atoms with E-state index in [0.29, 0.717) is 26.1 Å². The van der Waals surface area contributed by atoms with Gasteiger partial charge in [-0.3, -0.25) is 14.5 Å². The highest BCUT2D eigenvalue weighted by Crippen LogP contribution is 2.44. The Morgan fingerprint density at radius 2 is 1.42 bits per heavy atom. The van der Waals surface area contributed by atoms with Gasteiger partial charge in [0.1, 0.15) is 6.54 Å². The van der Waals surface area contributed by atoms with E-state index in [1.165, 1.54) is 0 Å². The van der Waals surface area contributed by atoms with E-state index in [-0.39, 0.29) is 18.3 Å². The molecule has 1 aromatic heterocycles. The van der Waals surface area contributed by atoms with E-state index >= 15 is 0 Å². The summed E-state index contributed by atoms with van der Waals surface area (Å²) in [5.74, 6) is -0.122. The second-order valence-corrected chi connectivity index (χ2v) is 9.49. The monoisotopic (exact) mass is 504 g/mol. The Hall–Kier alpha value is -4.22. The summed E-state index contributed by atoms with van der Waals surface area (Å²) >= 11 is 0. The van der Waals surface area contributed by atoms with Crippen molar-refractivity contribution in [3.63, 3.8) is 0 Å². The van der Waals surface area contributed by atoms with Crippen LogP contribution in [0.5, 0.6) is 0 Å². The van der Waals surface area contributed by atoms with Crippen LogP contribution in [0.4, 0.5) is 0 Å². The van der Waals surface area contributed by atoms with Crippen LogP contribution in [-0.4, -0.2) is 40.9 Å². The van der Waals surface area contributed by atoms with Crippen molar-refractivity contribution in [2.45, 2.75) is 25.4 Å². The van der Waals surface area contributed by atoms with Gasteiger partial charge >= 0.3 is 5.97 Å². The molecule has 0 atom stereocenters. The Balaban J connectivity index is 1.57. The maximum Gasteiger partial charge on any atom is 0.325 e. The molecular weight excluding hydrogens is 472 g/mol. The standard InChI is InChI=1S/C33H32N2O3/c1-2-38-32(37)25-34-20-18-26(23-34)22-27-24-35(21-19-31(27)36)33(28-12-6-3-7-13-28,29-14-8-4-9-15-29)30-16-10-5-11-17-30/h3-18,20,22-23H,2,19,21,24-25H2,1H3. The zero-order valence-electron chi connectivity index (χ0n) is 21.6. The predicted molar refractivity (Wildman–Crippen MR) is 149 cm³/mol. The van der Waals surface area contributed by atoms with E-state index in [2.05, 4.69) is 77.7 Å². The SMILES string of the molecule is CCOC(=O)Cn1ccc(C=C2CN(C(c3ccccc3)(c3ccccc3)c3ccccc3)CCC2=O)c1. The number of Topliss-reactive ketones (excluding diaryl/α,β-unsaturated/α-hetero) is 1. The molecule has 1 aliphatic heterocycles. The van der Waals surface area contributed by atoms with Gasteiger partial charge in [-0.05, 0) is 41.3 Å². The Kier molecular flexibility index (Phi) is 7.66. The van der Waals surface area contributed by atoms with Crippen LogP contribution in [-0.2, 0) is 26.4 Å². The summed E-state index contributed by atoms with van der Waals surface area (Å²) in [5, 5.41) is 0. The van der Waals surface area contributed by atoms with Crippen LogP contribution < -0.4 is 0 Å². The molecule has 1 fully saturated rings. The van der Waals surface area contributed by atoms with Crippen LogP contribution >= 0.6 is 0 Å². The molecule has 0 aliphatic carbocycles. The van der Waals surface area contributed by atoms with Crippen molar-refractivity contribution in [3.05, 3.63) is 137 Å². The third-order valence-electron chi connectivity index (χ3n) is 7.11. The first-order valence-corrected chi connectivity index (χ1v) is 13.1. The fourth-order valence-electron chi connectivity index (χ4n) is 5.47. The number of carbonyl (C=O) groups excluding carboxylic acids is 2. The Labute approximate surface area is 224 Å². The molecule has 0 unspecified atom stereocenters. The lowest BCUT2D eigenvalue weighted by molar-refractivity contribution is -0.143. The van der Waals surface area contributed by atoms with E-state index in [9.17, 15) is 9.59 Å². The van der Waals surface area contributed by atoms with Crippen molar-refractivity contribution in [3.8, 4) is 0 Å². The van der Waals surface area contributed by atoms with Crippen molar-refractivity contribution in [1.29, 1.82) is 0 Å². The molecule has 1 saturated heterocycles. The van der Waals surface area contributed by atoms with Gasteiger partial charge in [0.15, 0.2) is 5.78 Å². The van der Waals surface area contributed by atoms with Crippen molar-refractivity contribution in [2.24, 2.45) is 0 Å². The first-order chi connectivity index (χ1) is 18.6. The van der Waals surface area contributed by atoms with Crippen molar-refractivity contribution < 1.29 is 14.3 Å².